The van der Waals surface area contributed by atoms with Crippen LogP contribution in [0.2, 0.25) is 5.02 Å². The Morgan fingerprint density at radius 3 is 2.89 bits per heavy atom. The van der Waals surface area contributed by atoms with Gasteiger partial charge in [-0.1, -0.05) is 65.0 Å². The van der Waals surface area contributed by atoms with Crippen LogP contribution in [0.15, 0.2) is 63.6 Å². The van der Waals surface area contributed by atoms with Gasteiger partial charge in [-0.15, -0.1) is 10.2 Å². The van der Waals surface area contributed by atoms with Crippen molar-refractivity contribution in [2.24, 2.45) is 0 Å². The van der Waals surface area contributed by atoms with Crippen molar-refractivity contribution in [3.05, 3.63) is 70.9 Å². The zero-order valence-electron chi connectivity index (χ0n) is 14.0. The minimum Gasteiger partial charge on any atom is -0.464 e. The molecule has 0 aliphatic rings. The Morgan fingerprint density at radius 2 is 2.04 bits per heavy atom. The predicted octanol–water partition coefficient (Wildman–Crippen LogP) is 5.41. The molecule has 0 saturated heterocycles. The van der Waals surface area contributed by atoms with Crippen molar-refractivity contribution in [2.45, 2.75) is 16.5 Å². The monoisotopic (exact) mass is 415 g/mol. The summed E-state index contributed by atoms with van der Waals surface area (Å²) < 4.78 is 6.28. The summed E-state index contributed by atoms with van der Waals surface area (Å²) in [6, 6.07) is 15.5. The summed E-state index contributed by atoms with van der Waals surface area (Å²) >= 11 is 8.99. The number of carbonyl (C=O) groups excluding carboxylic acids is 1. The van der Waals surface area contributed by atoms with E-state index in [1.54, 1.807) is 36.2 Å². The van der Waals surface area contributed by atoms with Gasteiger partial charge >= 0.3 is 0 Å². The third kappa shape index (κ3) is 4.50. The zero-order valence-corrected chi connectivity index (χ0v) is 16.4. The van der Waals surface area contributed by atoms with Crippen LogP contribution >= 0.6 is 34.7 Å². The van der Waals surface area contributed by atoms with Crippen molar-refractivity contribution in [1.82, 2.24) is 10.2 Å². The number of hydrogen-bond acceptors (Lipinski definition) is 6. The molecule has 4 rings (SSSR count). The number of halogens is 1. The minimum absolute atomic E-state index is 0.173. The van der Waals surface area contributed by atoms with E-state index in [0.29, 0.717) is 15.7 Å². The first-order valence-corrected chi connectivity index (χ1v) is 10.3. The Labute approximate surface area is 168 Å². The highest BCUT2D eigenvalue weighted by molar-refractivity contribution is 8.00. The molecule has 2 aromatic heterocycles. The van der Waals surface area contributed by atoms with Gasteiger partial charge in [0.05, 0.1) is 12.7 Å². The highest BCUT2D eigenvalue weighted by atomic mass is 35.5. The molecule has 0 aliphatic carbocycles. The summed E-state index contributed by atoms with van der Waals surface area (Å²) in [6.45, 7) is 0. The quantitative estimate of drug-likeness (QED) is 0.337. The lowest BCUT2D eigenvalue weighted by molar-refractivity contribution is -0.115. The summed E-state index contributed by atoms with van der Waals surface area (Å²) in [5.74, 6) is 0.638. The van der Waals surface area contributed by atoms with Crippen LogP contribution in [0.3, 0.4) is 0 Å². The number of amides is 1. The molecular weight excluding hydrogens is 402 g/mol. The van der Waals surface area contributed by atoms with Gasteiger partial charge in [-0.05, 0) is 23.8 Å². The van der Waals surface area contributed by atoms with E-state index >= 15 is 0 Å². The number of carbonyl (C=O) groups is 1. The number of aromatic nitrogens is 2. The smallest absolute Gasteiger partial charge is 0.230 e. The molecule has 2 aromatic carbocycles. The molecule has 0 unspecified atom stereocenters. The minimum atomic E-state index is -0.173. The van der Waals surface area contributed by atoms with E-state index in [4.69, 9.17) is 16.0 Å². The van der Waals surface area contributed by atoms with Gasteiger partial charge < -0.3 is 9.73 Å². The van der Waals surface area contributed by atoms with E-state index in [1.807, 2.05) is 18.2 Å². The van der Waals surface area contributed by atoms with Gasteiger partial charge in [-0.2, -0.15) is 0 Å². The summed E-state index contributed by atoms with van der Waals surface area (Å²) in [4.78, 5) is 12.3. The number of benzene rings is 2. The average molecular weight is 416 g/mol. The van der Waals surface area contributed by atoms with E-state index in [0.717, 1.165) is 21.0 Å². The lowest BCUT2D eigenvalue weighted by Gasteiger charge is -2.00. The molecule has 0 radical (unpaired) electrons. The van der Waals surface area contributed by atoms with Crippen molar-refractivity contribution >= 4 is 56.7 Å². The first-order valence-electron chi connectivity index (χ1n) is 8.13. The summed E-state index contributed by atoms with van der Waals surface area (Å²) in [6.07, 6.45) is 1.77. The van der Waals surface area contributed by atoms with E-state index in [1.165, 1.54) is 16.9 Å². The molecule has 0 aliphatic heterocycles. The second-order valence-corrected chi connectivity index (χ2v) is 8.41. The number of nitrogens with one attached hydrogen (secondary N) is 1. The largest absolute Gasteiger partial charge is 0.464 e. The third-order valence-electron chi connectivity index (χ3n) is 3.82. The van der Waals surface area contributed by atoms with Gasteiger partial charge in [0, 0.05) is 21.7 Å². The molecule has 0 saturated carbocycles. The molecule has 27 heavy (non-hydrogen) atoms. The first-order chi connectivity index (χ1) is 13.2. The highest BCUT2D eigenvalue weighted by Crippen LogP contribution is 2.29. The van der Waals surface area contributed by atoms with E-state index in [2.05, 4.69) is 27.6 Å². The molecule has 0 spiro atoms. The third-order valence-corrected chi connectivity index (χ3v) is 6.10. The van der Waals surface area contributed by atoms with Crippen molar-refractivity contribution in [3.63, 3.8) is 0 Å². The molecule has 0 bridgehead atoms. The van der Waals surface area contributed by atoms with Crippen LogP contribution in [0.5, 0.6) is 0 Å². The van der Waals surface area contributed by atoms with E-state index in [-0.39, 0.29) is 12.3 Å². The Morgan fingerprint density at radius 1 is 1.19 bits per heavy atom. The van der Waals surface area contributed by atoms with Crippen LogP contribution in [0, 0.1) is 0 Å². The van der Waals surface area contributed by atoms with Gasteiger partial charge in [0.1, 0.15) is 5.58 Å². The summed E-state index contributed by atoms with van der Waals surface area (Å²) in [7, 11) is 0. The number of furan rings is 1. The molecular formula is C19H14ClN3O2S2. The molecule has 5 nitrogen and oxygen atoms in total. The Bertz CT molecular complexity index is 1080. The molecule has 8 heteroatoms. The predicted molar refractivity (Wildman–Crippen MR) is 109 cm³/mol. The maximum absolute atomic E-state index is 12.3. The van der Waals surface area contributed by atoms with Crippen molar-refractivity contribution in [2.75, 3.05) is 5.32 Å². The maximum atomic E-state index is 12.3. The topological polar surface area (TPSA) is 68.0 Å². The van der Waals surface area contributed by atoms with Crippen molar-refractivity contribution in [3.8, 4) is 0 Å². The highest BCUT2D eigenvalue weighted by Gasteiger charge is 2.13. The molecule has 0 atom stereocenters. The maximum Gasteiger partial charge on any atom is 0.230 e. The fourth-order valence-electron chi connectivity index (χ4n) is 2.57. The molecule has 2 heterocycles. The zero-order chi connectivity index (χ0) is 18.6. The van der Waals surface area contributed by atoms with Crippen LogP contribution in [0.25, 0.3) is 11.0 Å². The van der Waals surface area contributed by atoms with Gasteiger partial charge in [0.25, 0.3) is 0 Å². The number of hydrogen-bond donors (Lipinski definition) is 1. The number of rotatable bonds is 6. The lowest BCUT2D eigenvalue weighted by atomic mass is 10.1. The van der Waals surface area contributed by atoms with Crippen LogP contribution in [-0.2, 0) is 17.0 Å². The lowest BCUT2D eigenvalue weighted by Crippen LogP contribution is -2.13. The Kier molecular flexibility index (Phi) is 5.42. The fraction of sp³-hybridized carbons (Fsp3) is 0.105. The summed E-state index contributed by atoms with van der Waals surface area (Å²) in [5.41, 5.74) is 2.71. The van der Waals surface area contributed by atoms with Gasteiger partial charge in [-0.25, -0.2) is 0 Å². The number of anilines is 1. The standard InChI is InChI=1S/C19H14ClN3O2S2/c20-14-6-7-16-15(9-14)13(10-25-16)8-17(24)21-18-22-23-19(27-18)26-11-12-4-2-1-3-5-12/h1-7,9-10H,8,11H2,(H,21,22,24). The van der Waals surface area contributed by atoms with Crippen LogP contribution in [0.1, 0.15) is 11.1 Å². The van der Waals surface area contributed by atoms with Crippen molar-refractivity contribution in [1.29, 1.82) is 0 Å². The fourth-order valence-corrected chi connectivity index (χ4v) is 4.46. The molecule has 0 fully saturated rings. The van der Waals surface area contributed by atoms with Crippen LogP contribution in [-0.4, -0.2) is 16.1 Å². The first kappa shape index (κ1) is 18.0. The average Bonchev–Trinajstić information content (AvgIpc) is 3.28. The second kappa shape index (κ2) is 8.12. The van der Waals surface area contributed by atoms with Crippen LogP contribution in [0.4, 0.5) is 5.13 Å². The second-order valence-electron chi connectivity index (χ2n) is 5.77. The number of fused-ring (bicyclic) bond motifs is 1. The van der Waals surface area contributed by atoms with E-state index in [9.17, 15) is 4.79 Å². The molecule has 1 amide bonds. The number of thioether (sulfide) groups is 1. The normalized spacial score (nSPS) is 11.0. The molecule has 136 valence electrons. The molecule has 4 aromatic rings. The number of nitrogens with zero attached hydrogens (tertiary/aromatic N) is 2. The van der Waals surface area contributed by atoms with Crippen molar-refractivity contribution < 1.29 is 9.21 Å². The summed E-state index contributed by atoms with van der Waals surface area (Å²) in [5, 5.41) is 12.9. The molecule has 1 N–H and O–H groups in total. The van der Waals surface area contributed by atoms with Gasteiger partial charge in [0.15, 0.2) is 4.34 Å². The van der Waals surface area contributed by atoms with E-state index < -0.39 is 0 Å². The van der Waals surface area contributed by atoms with Gasteiger partial charge in [-0.3, -0.25) is 4.79 Å². The SMILES string of the molecule is O=C(Cc1coc2ccc(Cl)cc12)Nc1nnc(SCc2ccccc2)s1. The Hall–Kier alpha value is -2.35. The van der Waals surface area contributed by atoms with Gasteiger partial charge in [0.2, 0.25) is 11.0 Å². The Balaban J connectivity index is 1.37. The van der Waals surface area contributed by atoms with Crippen LogP contribution < -0.4 is 5.32 Å².